The van der Waals surface area contributed by atoms with Crippen LogP contribution in [0.15, 0.2) is 24.3 Å². The molecule has 2 rings (SSSR count). The van der Waals surface area contributed by atoms with Gasteiger partial charge in [-0.3, -0.25) is 0 Å². The van der Waals surface area contributed by atoms with Crippen LogP contribution in [0, 0.1) is 12.8 Å². The van der Waals surface area contributed by atoms with E-state index in [2.05, 4.69) is 31.2 Å². The summed E-state index contributed by atoms with van der Waals surface area (Å²) in [4.78, 5) is 0. The molecule has 0 aromatic heterocycles. The molecule has 14 heavy (non-hydrogen) atoms. The molecule has 2 N–H and O–H groups in total. The summed E-state index contributed by atoms with van der Waals surface area (Å²) in [6, 6.07) is 8.74. The zero-order valence-electron chi connectivity index (χ0n) is 8.57. The van der Waals surface area contributed by atoms with E-state index < -0.39 is 0 Å². The summed E-state index contributed by atoms with van der Waals surface area (Å²) < 4.78 is 0. The summed E-state index contributed by atoms with van der Waals surface area (Å²) >= 11 is 0. The van der Waals surface area contributed by atoms with Gasteiger partial charge in [0.15, 0.2) is 0 Å². The molecule has 1 aromatic rings. The summed E-state index contributed by atoms with van der Waals surface area (Å²) in [5.74, 6) is 0.737. The molecule has 0 unspecified atom stereocenters. The van der Waals surface area contributed by atoms with Gasteiger partial charge in [-0.2, -0.15) is 0 Å². The molecule has 0 aliphatic heterocycles. The van der Waals surface area contributed by atoms with Crippen LogP contribution in [0.2, 0.25) is 0 Å². The first-order valence-corrected chi connectivity index (χ1v) is 5.10. The van der Waals surface area contributed by atoms with Crippen LogP contribution >= 0.6 is 12.4 Å². The smallest absolute Gasteiger partial charge is 0.0326 e. The molecule has 0 bridgehead atoms. The Morgan fingerprint density at radius 1 is 1.29 bits per heavy atom. The second kappa shape index (κ2) is 4.81. The van der Waals surface area contributed by atoms with Crippen LogP contribution in [0.4, 0.5) is 0 Å². The Kier molecular flexibility index (Phi) is 3.97. The van der Waals surface area contributed by atoms with Gasteiger partial charge in [0.1, 0.15) is 0 Å². The summed E-state index contributed by atoms with van der Waals surface area (Å²) in [7, 11) is 0. The minimum absolute atomic E-state index is 0. The zero-order chi connectivity index (χ0) is 9.26. The monoisotopic (exact) mass is 211 g/mol. The Balaban J connectivity index is 0.000000980. The Labute approximate surface area is 92.1 Å². The van der Waals surface area contributed by atoms with Gasteiger partial charge in [-0.05, 0) is 36.8 Å². The molecule has 0 heterocycles. The van der Waals surface area contributed by atoms with Gasteiger partial charge in [0.05, 0.1) is 0 Å². The average molecular weight is 212 g/mol. The normalized spacial score (nSPS) is 18.1. The molecule has 0 spiro atoms. The molecule has 2 heteroatoms. The number of nitrogens with two attached hydrogens (primary N) is 1. The van der Waals surface area contributed by atoms with E-state index in [1.165, 1.54) is 30.4 Å². The molecular weight excluding hydrogens is 194 g/mol. The summed E-state index contributed by atoms with van der Waals surface area (Å²) in [5, 5.41) is 0. The molecule has 0 saturated heterocycles. The first-order chi connectivity index (χ1) is 6.29. The van der Waals surface area contributed by atoms with Crippen molar-refractivity contribution in [3.8, 4) is 0 Å². The lowest BCUT2D eigenvalue weighted by molar-refractivity contribution is 0.264. The minimum Gasteiger partial charge on any atom is -0.324 e. The highest BCUT2D eigenvalue weighted by molar-refractivity contribution is 5.85. The second-order valence-electron chi connectivity index (χ2n) is 4.07. The van der Waals surface area contributed by atoms with Crippen LogP contribution in [0.25, 0.3) is 0 Å². The summed E-state index contributed by atoms with van der Waals surface area (Å²) in [6.07, 6.45) is 4.00. The van der Waals surface area contributed by atoms with Gasteiger partial charge < -0.3 is 5.73 Å². The van der Waals surface area contributed by atoms with Gasteiger partial charge in [0.2, 0.25) is 0 Å². The molecule has 1 nitrogen and oxygen atoms in total. The number of rotatable bonds is 2. The van der Waals surface area contributed by atoms with E-state index in [0.29, 0.717) is 0 Å². The Bertz CT molecular complexity index is 294. The first-order valence-electron chi connectivity index (χ1n) is 5.10. The maximum Gasteiger partial charge on any atom is 0.0326 e. The number of hydrogen-bond donors (Lipinski definition) is 1. The number of halogens is 1. The maximum atomic E-state index is 6.20. The van der Waals surface area contributed by atoms with Gasteiger partial charge in [-0.25, -0.2) is 0 Å². The van der Waals surface area contributed by atoms with E-state index in [-0.39, 0.29) is 18.4 Å². The lowest BCUT2D eigenvalue weighted by Gasteiger charge is -2.32. The highest BCUT2D eigenvalue weighted by atomic mass is 35.5. The molecule has 78 valence electrons. The zero-order valence-corrected chi connectivity index (χ0v) is 9.39. The lowest BCUT2D eigenvalue weighted by Crippen LogP contribution is -2.27. The number of hydrogen-bond acceptors (Lipinski definition) is 1. The third-order valence-electron chi connectivity index (χ3n) is 3.21. The van der Waals surface area contributed by atoms with Crippen molar-refractivity contribution in [2.24, 2.45) is 11.7 Å². The molecule has 1 aromatic carbocycles. The highest BCUT2D eigenvalue weighted by Crippen LogP contribution is 2.36. The van der Waals surface area contributed by atoms with Crippen LogP contribution in [0.1, 0.15) is 36.4 Å². The summed E-state index contributed by atoms with van der Waals surface area (Å²) in [5.41, 5.74) is 8.88. The van der Waals surface area contributed by atoms with Gasteiger partial charge in [-0.15, -0.1) is 12.4 Å². The van der Waals surface area contributed by atoms with Crippen molar-refractivity contribution in [1.29, 1.82) is 0 Å². The SMILES string of the molecule is Cc1ccccc1[C@H](N)C1CCC1.Cl. The van der Waals surface area contributed by atoms with Crippen molar-refractivity contribution >= 4 is 12.4 Å². The predicted octanol–water partition coefficient (Wildman–Crippen LogP) is 3.22. The molecule has 1 fully saturated rings. The van der Waals surface area contributed by atoms with E-state index in [0.717, 1.165) is 5.92 Å². The average Bonchev–Trinajstić information content (AvgIpc) is 2.01. The Hall–Kier alpha value is -0.530. The van der Waals surface area contributed by atoms with Crippen molar-refractivity contribution < 1.29 is 0 Å². The number of benzene rings is 1. The van der Waals surface area contributed by atoms with Crippen molar-refractivity contribution in [3.63, 3.8) is 0 Å². The maximum absolute atomic E-state index is 6.20. The fourth-order valence-corrected chi connectivity index (χ4v) is 2.01. The van der Waals surface area contributed by atoms with Crippen molar-refractivity contribution in [2.75, 3.05) is 0 Å². The molecule has 1 aliphatic carbocycles. The van der Waals surface area contributed by atoms with Gasteiger partial charge >= 0.3 is 0 Å². The lowest BCUT2D eigenvalue weighted by atomic mass is 9.77. The Morgan fingerprint density at radius 3 is 2.43 bits per heavy atom. The molecule has 1 saturated carbocycles. The van der Waals surface area contributed by atoms with Crippen molar-refractivity contribution in [1.82, 2.24) is 0 Å². The van der Waals surface area contributed by atoms with E-state index >= 15 is 0 Å². The van der Waals surface area contributed by atoms with Gasteiger partial charge in [-0.1, -0.05) is 30.7 Å². The number of aryl methyl sites for hydroxylation is 1. The first kappa shape index (κ1) is 11.5. The standard InChI is InChI=1S/C12H17N.ClH/c1-9-5-2-3-8-11(9)12(13)10-6-4-7-10;/h2-3,5,8,10,12H,4,6-7,13H2,1H3;1H/t12-;/m1./s1. The topological polar surface area (TPSA) is 26.0 Å². The van der Waals surface area contributed by atoms with Crippen LogP contribution in [0.3, 0.4) is 0 Å². The predicted molar refractivity (Wildman–Crippen MR) is 62.7 cm³/mol. The third-order valence-corrected chi connectivity index (χ3v) is 3.21. The van der Waals surface area contributed by atoms with E-state index in [9.17, 15) is 0 Å². The van der Waals surface area contributed by atoms with Crippen LogP contribution in [-0.2, 0) is 0 Å². The van der Waals surface area contributed by atoms with Gasteiger partial charge in [0.25, 0.3) is 0 Å². The van der Waals surface area contributed by atoms with E-state index in [1.54, 1.807) is 0 Å². The highest BCUT2D eigenvalue weighted by Gasteiger charge is 2.25. The van der Waals surface area contributed by atoms with Crippen LogP contribution in [-0.4, -0.2) is 0 Å². The quantitative estimate of drug-likeness (QED) is 0.799. The molecular formula is C12H18ClN. The third kappa shape index (κ3) is 2.10. The van der Waals surface area contributed by atoms with Crippen molar-refractivity contribution in [3.05, 3.63) is 35.4 Å². The van der Waals surface area contributed by atoms with E-state index in [4.69, 9.17) is 5.73 Å². The molecule has 0 amide bonds. The minimum atomic E-state index is 0. The van der Waals surface area contributed by atoms with Crippen LogP contribution in [0.5, 0.6) is 0 Å². The second-order valence-corrected chi connectivity index (χ2v) is 4.07. The molecule has 1 atom stereocenters. The molecule has 0 radical (unpaired) electrons. The summed E-state index contributed by atoms with van der Waals surface area (Å²) in [6.45, 7) is 2.15. The fraction of sp³-hybridized carbons (Fsp3) is 0.500. The Morgan fingerprint density at radius 2 is 1.93 bits per heavy atom. The van der Waals surface area contributed by atoms with Crippen LogP contribution < -0.4 is 5.73 Å². The largest absolute Gasteiger partial charge is 0.324 e. The van der Waals surface area contributed by atoms with E-state index in [1.807, 2.05) is 0 Å². The van der Waals surface area contributed by atoms with Gasteiger partial charge in [0, 0.05) is 6.04 Å². The van der Waals surface area contributed by atoms with Crippen molar-refractivity contribution in [2.45, 2.75) is 32.2 Å². The fourth-order valence-electron chi connectivity index (χ4n) is 2.01. The molecule has 1 aliphatic rings.